The highest BCUT2D eigenvalue weighted by Gasteiger charge is 2.15. The Kier molecular flexibility index (Phi) is 7.77. The van der Waals surface area contributed by atoms with Crippen molar-refractivity contribution in [1.29, 1.82) is 0 Å². The molecule has 0 aliphatic carbocycles. The molecule has 31 heavy (non-hydrogen) atoms. The number of hydrogen-bond acceptors (Lipinski definition) is 9. The Hall–Kier alpha value is -3.66. The summed E-state index contributed by atoms with van der Waals surface area (Å²) < 4.78 is 21.3. The molecule has 2 aromatic heterocycles. The van der Waals surface area contributed by atoms with Crippen LogP contribution < -0.4 is 19.5 Å². The number of nitrogens with one attached hydrogen (secondary N) is 1. The molecular weight excluding hydrogens is 404 g/mol. The van der Waals surface area contributed by atoms with Crippen molar-refractivity contribution in [2.24, 2.45) is 0 Å². The van der Waals surface area contributed by atoms with Crippen molar-refractivity contribution >= 4 is 5.91 Å². The maximum Gasteiger partial charge on any atom is 0.227 e. The van der Waals surface area contributed by atoms with E-state index < -0.39 is 6.10 Å². The number of ether oxygens (including phenoxy) is 3. The van der Waals surface area contributed by atoms with E-state index in [-0.39, 0.29) is 31.9 Å². The number of aliphatic hydroxyl groups excluding tert-OH is 1. The third-order valence-corrected chi connectivity index (χ3v) is 4.29. The molecule has 1 aromatic carbocycles. The zero-order valence-corrected chi connectivity index (χ0v) is 17.3. The van der Waals surface area contributed by atoms with Crippen LogP contribution in [-0.4, -0.2) is 59.6 Å². The van der Waals surface area contributed by atoms with Crippen LogP contribution in [0.1, 0.15) is 12.3 Å². The van der Waals surface area contributed by atoms with Crippen LogP contribution in [0, 0.1) is 0 Å². The molecule has 1 atom stereocenters. The molecule has 2 N–H and O–H groups in total. The second kappa shape index (κ2) is 10.9. The van der Waals surface area contributed by atoms with Crippen molar-refractivity contribution in [3.8, 4) is 28.6 Å². The van der Waals surface area contributed by atoms with E-state index in [1.54, 1.807) is 36.7 Å². The number of hydrogen-bond donors (Lipinski definition) is 2. The number of aliphatic hydroxyl groups is 1. The standard InChI is InChI=1S/C21H24N4O6/c1-28-16-6-3-7-17(29-2)20(16)30-13-15(26)12-23-18(27)8-9-19-24-21(25-31-19)14-5-4-10-22-11-14/h3-7,10-11,15,26H,8-9,12-13H2,1-2H3,(H,23,27). The summed E-state index contributed by atoms with van der Waals surface area (Å²) in [6.07, 6.45) is 2.79. The van der Waals surface area contributed by atoms with Crippen molar-refractivity contribution in [3.63, 3.8) is 0 Å². The number of rotatable bonds is 11. The predicted octanol–water partition coefficient (Wildman–Crippen LogP) is 1.64. The summed E-state index contributed by atoms with van der Waals surface area (Å²) in [7, 11) is 3.03. The Labute approximate surface area is 179 Å². The van der Waals surface area contributed by atoms with E-state index >= 15 is 0 Å². The SMILES string of the molecule is COc1cccc(OC)c1OCC(O)CNC(=O)CCc1nc(-c2cccnc2)no1. The van der Waals surface area contributed by atoms with Gasteiger partial charge in [-0.25, -0.2) is 0 Å². The number of carbonyl (C=O) groups is 1. The van der Waals surface area contributed by atoms with Crippen molar-refractivity contribution in [2.75, 3.05) is 27.4 Å². The topological polar surface area (TPSA) is 129 Å². The molecule has 0 aliphatic rings. The molecular formula is C21H24N4O6. The predicted molar refractivity (Wildman–Crippen MR) is 110 cm³/mol. The van der Waals surface area contributed by atoms with E-state index in [1.807, 2.05) is 6.07 Å². The molecule has 0 spiro atoms. The molecule has 1 unspecified atom stereocenters. The van der Waals surface area contributed by atoms with Crippen LogP contribution in [-0.2, 0) is 11.2 Å². The van der Waals surface area contributed by atoms with Gasteiger partial charge in [0.25, 0.3) is 0 Å². The van der Waals surface area contributed by atoms with Crippen molar-refractivity contribution < 1.29 is 28.6 Å². The Bertz CT molecular complexity index is 957. The van der Waals surface area contributed by atoms with Gasteiger partial charge in [0, 0.05) is 37.3 Å². The summed E-state index contributed by atoms with van der Waals surface area (Å²) in [6.45, 7) is -0.0176. The van der Waals surface area contributed by atoms with Gasteiger partial charge in [-0.1, -0.05) is 11.2 Å². The number of benzene rings is 1. The summed E-state index contributed by atoms with van der Waals surface area (Å²) in [5.74, 6) is 1.87. The van der Waals surface area contributed by atoms with Gasteiger partial charge in [-0.15, -0.1) is 0 Å². The van der Waals surface area contributed by atoms with Gasteiger partial charge in [-0.2, -0.15) is 4.98 Å². The van der Waals surface area contributed by atoms with Gasteiger partial charge in [0.2, 0.25) is 23.4 Å². The molecule has 2 heterocycles. The summed E-state index contributed by atoms with van der Waals surface area (Å²) in [4.78, 5) is 20.3. The Morgan fingerprint density at radius 3 is 2.65 bits per heavy atom. The first-order chi connectivity index (χ1) is 15.1. The van der Waals surface area contributed by atoms with Gasteiger partial charge < -0.3 is 29.2 Å². The van der Waals surface area contributed by atoms with Gasteiger partial charge in [-0.3, -0.25) is 9.78 Å². The van der Waals surface area contributed by atoms with Crippen molar-refractivity contribution in [2.45, 2.75) is 18.9 Å². The molecule has 1 amide bonds. The molecule has 0 radical (unpaired) electrons. The van der Waals surface area contributed by atoms with Gasteiger partial charge in [-0.05, 0) is 24.3 Å². The molecule has 164 valence electrons. The van der Waals surface area contributed by atoms with Crippen LogP contribution >= 0.6 is 0 Å². The molecule has 3 aromatic rings. The number of nitrogens with zero attached hydrogens (tertiary/aromatic N) is 3. The second-order valence-electron chi connectivity index (χ2n) is 6.51. The van der Waals surface area contributed by atoms with Crippen LogP contribution in [0.5, 0.6) is 17.2 Å². The molecule has 0 saturated carbocycles. The largest absolute Gasteiger partial charge is 0.493 e. The lowest BCUT2D eigenvalue weighted by molar-refractivity contribution is -0.121. The van der Waals surface area contributed by atoms with Crippen LogP contribution in [0.25, 0.3) is 11.4 Å². The Balaban J connectivity index is 1.42. The highest BCUT2D eigenvalue weighted by atomic mass is 16.5. The van der Waals surface area contributed by atoms with Gasteiger partial charge in [0.05, 0.1) is 14.2 Å². The summed E-state index contributed by atoms with van der Waals surface area (Å²) in [5, 5.41) is 16.7. The fraction of sp³-hybridized carbons (Fsp3) is 0.333. The second-order valence-corrected chi connectivity index (χ2v) is 6.51. The summed E-state index contributed by atoms with van der Waals surface area (Å²) in [6, 6.07) is 8.81. The highest BCUT2D eigenvalue weighted by Crippen LogP contribution is 2.36. The highest BCUT2D eigenvalue weighted by molar-refractivity contribution is 5.76. The zero-order valence-electron chi connectivity index (χ0n) is 17.3. The lowest BCUT2D eigenvalue weighted by atomic mass is 10.2. The van der Waals surface area contributed by atoms with E-state index in [0.29, 0.717) is 29.0 Å². The summed E-state index contributed by atoms with van der Waals surface area (Å²) in [5.41, 5.74) is 0.733. The van der Waals surface area contributed by atoms with E-state index in [2.05, 4.69) is 20.4 Å². The first-order valence-corrected chi connectivity index (χ1v) is 9.62. The molecule has 0 fully saturated rings. The number of amides is 1. The third kappa shape index (κ3) is 6.16. The quantitative estimate of drug-likeness (QED) is 0.468. The van der Waals surface area contributed by atoms with Gasteiger partial charge in [0.1, 0.15) is 12.7 Å². The fourth-order valence-electron chi connectivity index (χ4n) is 2.71. The van der Waals surface area contributed by atoms with Crippen LogP contribution in [0.4, 0.5) is 0 Å². The first kappa shape index (κ1) is 22.0. The molecule has 0 aliphatic heterocycles. The van der Waals surface area contributed by atoms with Crippen LogP contribution in [0.2, 0.25) is 0 Å². The summed E-state index contributed by atoms with van der Waals surface area (Å²) >= 11 is 0. The monoisotopic (exact) mass is 428 g/mol. The van der Waals surface area contributed by atoms with Crippen LogP contribution in [0.3, 0.4) is 0 Å². The third-order valence-electron chi connectivity index (χ3n) is 4.29. The smallest absolute Gasteiger partial charge is 0.227 e. The van der Waals surface area contributed by atoms with E-state index in [0.717, 1.165) is 5.56 Å². The molecule has 10 heteroatoms. The average molecular weight is 428 g/mol. The van der Waals surface area contributed by atoms with Crippen molar-refractivity contribution in [3.05, 3.63) is 48.6 Å². The Morgan fingerprint density at radius 1 is 1.19 bits per heavy atom. The van der Waals surface area contributed by atoms with Gasteiger partial charge >= 0.3 is 0 Å². The maximum absolute atomic E-state index is 12.1. The van der Waals surface area contributed by atoms with E-state index in [4.69, 9.17) is 18.7 Å². The molecule has 0 bridgehead atoms. The van der Waals surface area contributed by atoms with E-state index in [9.17, 15) is 9.90 Å². The minimum Gasteiger partial charge on any atom is -0.493 e. The van der Waals surface area contributed by atoms with E-state index in [1.165, 1.54) is 14.2 Å². The van der Waals surface area contributed by atoms with Gasteiger partial charge in [0.15, 0.2) is 11.5 Å². The minimum atomic E-state index is -0.917. The number of aryl methyl sites for hydroxylation is 1. The number of methoxy groups -OCH3 is 2. The maximum atomic E-state index is 12.1. The molecule has 0 saturated heterocycles. The minimum absolute atomic E-state index is 0.0288. The Morgan fingerprint density at radius 2 is 1.97 bits per heavy atom. The first-order valence-electron chi connectivity index (χ1n) is 9.62. The number of aromatic nitrogens is 3. The number of pyridine rings is 1. The molecule has 3 rings (SSSR count). The lowest BCUT2D eigenvalue weighted by Crippen LogP contribution is -2.35. The lowest BCUT2D eigenvalue weighted by Gasteiger charge is -2.17. The van der Waals surface area contributed by atoms with Crippen molar-refractivity contribution in [1.82, 2.24) is 20.4 Å². The number of para-hydroxylation sites is 1. The fourth-order valence-corrected chi connectivity index (χ4v) is 2.71. The van der Waals surface area contributed by atoms with Crippen LogP contribution in [0.15, 0.2) is 47.2 Å². The zero-order chi connectivity index (χ0) is 22.1. The average Bonchev–Trinajstić information content (AvgIpc) is 3.29. The normalized spacial score (nSPS) is 11.6. The molecule has 10 nitrogen and oxygen atoms in total. The number of carbonyl (C=O) groups excluding carboxylic acids is 1.